The molecule has 3 rings (SSSR count). The van der Waals surface area contributed by atoms with Crippen LogP contribution >= 0.6 is 0 Å². The van der Waals surface area contributed by atoms with Crippen LogP contribution in [0.3, 0.4) is 0 Å². The molecule has 0 aromatic heterocycles. The quantitative estimate of drug-likeness (QED) is 0.699. The van der Waals surface area contributed by atoms with Crippen molar-refractivity contribution >= 4 is 17.7 Å². The van der Waals surface area contributed by atoms with E-state index < -0.39 is 0 Å². The van der Waals surface area contributed by atoms with Crippen molar-refractivity contribution in [1.29, 1.82) is 10.7 Å². The van der Waals surface area contributed by atoms with Crippen molar-refractivity contribution in [1.82, 2.24) is 9.80 Å². The SMILES string of the molecule is N#CCC(=O)C(=N)C1CCC(CCN2CCN(C3C=CN=CC3)CC2)CC1. The molecule has 0 bridgehead atoms. The summed E-state index contributed by atoms with van der Waals surface area (Å²) in [5.41, 5.74) is 0.188. The van der Waals surface area contributed by atoms with E-state index in [0.717, 1.165) is 70.7 Å². The third-order valence-electron chi connectivity index (χ3n) is 6.37. The molecular formula is C21H31N5O. The van der Waals surface area contributed by atoms with E-state index in [0.29, 0.717) is 6.04 Å². The van der Waals surface area contributed by atoms with Crippen LogP contribution in [0.25, 0.3) is 0 Å². The summed E-state index contributed by atoms with van der Waals surface area (Å²) in [6, 6.07) is 2.39. The minimum Gasteiger partial charge on any atom is -0.301 e. The van der Waals surface area contributed by atoms with Crippen LogP contribution in [0.5, 0.6) is 0 Å². The Morgan fingerprint density at radius 2 is 1.93 bits per heavy atom. The molecule has 27 heavy (non-hydrogen) atoms. The van der Waals surface area contributed by atoms with Gasteiger partial charge in [-0.3, -0.25) is 14.7 Å². The molecule has 2 fully saturated rings. The molecule has 6 heteroatoms. The standard InChI is InChI=1S/C21H31N5O/c22-9-5-20(27)21(23)18-3-1-17(2-4-18)8-12-25-13-15-26(16-14-25)19-6-10-24-11-7-19/h6,10-11,17-19,23H,1-5,7-8,12-16H2. The fraction of sp³-hybridized carbons (Fsp3) is 0.714. The second-order valence-corrected chi connectivity index (χ2v) is 8.03. The first-order valence-electron chi connectivity index (χ1n) is 10.3. The van der Waals surface area contributed by atoms with Gasteiger partial charge in [0.05, 0.1) is 18.2 Å². The third-order valence-corrected chi connectivity index (χ3v) is 6.37. The van der Waals surface area contributed by atoms with Gasteiger partial charge in [-0.15, -0.1) is 0 Å². The highest BCUT2D eigenvalue weighted by Gasteiger charge is 2.28. The first-order chi connectivity index (χ1) is 13.2. The van der Waals surface area contributed by atoms with E-state index in [1.54, 1.807) is 0 Å². The van der Waals surface area contributed by atoms with E-state index >= 15 is 0 Å². The van der Waals surface area contributed by atoms with Crippen molar-refractivity contribution in [3.8, 4) is 6.07 Å². The van der Waals surface area contributed by atoms with E-state index in [-0.39, 0.29) is 23.8 Å². The van der Waals surface area contributed by atoms with E-state index in [2.05, 4.69) is 20.9 Å². The van der Waals surface area contributed by atoms with Crippen LogP contribution < -0.4 is 0 Å². The van der Waals surface area contributed by atoms with Gasteiger partial charge in [0.1, 0.15) is 0 Å². The molecular weight excluding hydrogens is 338 g/mol. The number of nitrogens with one attached hydrogen (secondary N) is 1. The Morgan fingerprint density at radius 3 is 2.56 bits per heavy atom. The number of ketones is 1. The molecule has 1 N–H and O–H groups in total. The van der Waals surface area contributed by atoms with Gasteiger partial charge in [-0.05, 0) is 50.6 Å². The molecule has 0 radical (unpaired) electrons. The topological polar surface area (TPSA) is 83.5 Å². The first-order valence-corrected chi connectivity index (χ1v) is 10.3. The molecule has 1 saturated heterocycles. The highest BCUT2D eigenvalue weighted by molar-refractivity contribution is 6.39. The lowest BCUT2D eigenvalue weighted by Gasteiger charge is -2.39. The van der Waals surface area contributed by atoms with Crippen molar-refractivity contribution in [2.75, 3.05) is 32.7 Å². The normalized spacial score (nSPS) is 29.4. The second kappa shape index (κ2) is 9.91. The molecule has 0 aromatic carbocycles. The molecule has 0 aromatic rings. The largest absolute Gasteiger partial charge is 0.301 e. The van der Waals surface area contributed by atoms with Gasteiger partial charge in [-0.25, -0.2) is 0 Å². The number of piperazine rings is 1. The summed E-state index contributed by atoms with van der Waals surface area (Å²) in [6.07, 6.45) is 12.4. The number of rotatable bonds is 7. The van der Waals surface area contributed by atoms with Crippen LogP contribution in [-0.2, 0) is 4.79 Å². The number of Topliss-reactive ketones (excluding diaryl/α,β-unsaturated/α-hetero) is 1. The summed E-state index contributed by atoms with van der Waals surface area (Å²) in [7, 11) is 0. The third kappa shape index (κ3) is 5.57. The molecule has 6 nitrogen and oxygen atoms in total. The highest BCUT2D eigenvalue weighted by Crippen LogP contribution is 2.32. The van der Waals surface area contributed by atoms with Crippen LogP contribution in [0, 0.1) is 28.6 Å². The van der Waals surface area contributed by atoms with E-state index in [4.69, 9.17) is 10.7 Å². The first kappa shape index (κ1) is 19.9. The molecule has 1 saturated carbocycles. The average molecular weight is 370 g/mol. The number of hydrogen-bond donors (Lipinski definition) is 1. The number of aliphatic imine (C=N–C) groups is 1. The predicted molar refractivity (Wildman–Crippen MR) is 107 cm³/mol. The Labute approximate surface area is 162 Å². The lowest BCUT2D eigenvalue weighted by molar-refractivity contribution is -0.112. The zero-order valence-corrected chi connectivity index (χ0v) is 16.1. The van der Waals surface area contributed by atoms with Gasteiger partial charge in [0, 0.05) is 57.0 Å². The maximum Gasteiger partial charge on any atom is 0.190 e. The van der Waals surface area contributed by atoms with E-state index in [1.807, 2.05) is 18.5 Å². The van der Waals surface area contributed by atoms with Gasteiger partial charge in [-0.1, -0.05) is 0 Å². The maximum absolute atomic E-state index is 11.7. The van der Waals surface area contributed by atoms with Crippen LogP contribution in [0.15, 0.2) is 17.3 Å². The van der Waals surface area contributed by atoms with Gasteiger partial charge >= 0.3 is 0 Å². The molecule has 1 aliphatic carbocycles. The summed E-state index contributed by atoms with van der Waals surface area (Å²) in [6.45, 7) is 5.71. The van der Waals surface area contributed by atoms with Gasteiger partial charge in [-0.2, -0.15) is 5.26 Å². The molecule has 1 unspecified atom stereocenters. The summed E-state index contributed by atoms with van der Waals surface area (Å²) in [4.78, 5) is 21.0. The molecule has 3 aliphatic rings. The maximum atomic E-state index is 11.7. The number of hydrogen-bond acceptors (Lipinski definition) is 6. The minimum absolute atomic E-state index is 0.0812. The smallest absolute Gasteiger partial charge is 0.190 e. The van der Waals surface area contributed by atoms with Crippen molar-refractivity contribution in [3.63, 3.8) is 0 Å². The summed E-state index contributed by atoms with van der Waals surface area (Å²) >= 11 is 0. The Balaban J connectivity index is 1.32. The van der Waals surface area contributed by atoms with Crippen molar-refractivity contribution in [2.24, 2.45) is 16.8 Å². The fourth-order valence-electron chi connectivity index (χ4n) is 4.55. The fourth-order valence-corrected chi connectivity index (χ4v) is 4.55. The van der Waals surface area contributed by atoms with Crippen molar-refractivity contribution in [3.05, 3.63) is 12.3 Å². The molecule has 2 heterocycles. The molecule has 0 amide bonds. The van der Waals surface area contributed by atoms with Gasteiger partial charge in [0.25, 0.3) is 0 Å². The lowest BCUT2D eigenvalue weighted by atomic mass is 9.77. The second-order valence-electron chi connectivity index (χ2n) is 8.03. The molecule has 0 spiro atoms. The predicted octanol–water partition coefficient (Wildman–Crippen LogP) is 2.66. The van der Waals surface area contributed by atoms with Crippen molar-refractivity contribution < 1.29 is 4.79 Å². The highest BCUT2D eigenvalue weighted by atomic mass is 16.1. The zero-order valence-electron chi connectivity index (χ0n) is 16.1. The zero-order chi connectivity index (χ0) is 19.1. The van der Waals surface area contributed by atoms with Gasteiger partial charge in [0.2, 0.25) is 0 Å². The van der Waals surface area contributed by atoms with Crippen LogP contribution in [0.2, 0.25) is 0 Å². The Bertz CT molecular complexity index is 619. The Kier molecular flexibility index (Phi) is 7.31. The molecule has 1 atom stereocenters. The number of carbonyl (C=O) groups excluding carboxylic acids is 1. The van der Waals surface area contributed by atoms with Crippen LogP contribution in [0.1, 0.15) is 44.9 Å². The van der Waals surface area contributed by atoms with E-state index in [9.17, 15) is 4.79 Å². The summed E-state index contributed by atoms with van der Waals surface area (Å²) in [5.74, 6) is 0.520. The minimum atomic E-state index is -0.280. The number of nitriles is 1. The van der Waals surface area contributed by atoms with Crippen LogP contribution in [-0.4, -0.2) is 66.3 Å². The number of nitrogens with zero attached hydrogens (tertiary/aromatic N) is 4. The Hall–Kier alpha value is -1.84. The van der Waals surface area contributed by atoms with Gasteiger partial charge in [0.15, 0.2) is 5.78 Å². The Morgan fingerprint density at radius 1 is 1.19 bits per heavy atom. The monoisotopic (exact) mass is 369 g/mol. The lowest BCUT2D eigenvalue weighted by Crippen LogP contribution is -2.50. The van der Waals surface area contributed by atoms with Gasteiger partial charge < -0.3 is 10.3 Å². The molecule has 2 aliphatic heterocycles. The molecule has 146 valence electrons. The number of carbonyl (C=O) groups is 1. The summed E-state index contributed by atoms with van der Waals surface area (Å²) in [5, 5.41) is 16.6. The summed E-state index contributed by atoms with van der Waals surface area (Å²) < 4.78 is 0. The van der Waals surface area contributed by atoms with Crippen LogP contribution in [0.4, 0.5) is 0 Å². The average Bonchev–Trinajstić information content (AvgIpc) is 2.73. The van der Waals surface area contributed by atoms with E-state index in [1.165, 1.54) is 6.42 Å². The van der Waals surface area contributed by atoms with Crippen molar-refractivity contribution in [2.45, 2.75) is 51.0 Å².